The predicted octanol–water partition coefficient (Wildman–Crippen LogP) is 1.50. The Bertz CT molecular complexity index is 350. The molecule has 1 fully saturated rings. The summed E-state index contributed by atoms with van der Waals surface area (Å²) in [4.78, 5) is 14.1. The molecule has 0 bridgehead atoms. The summed E-state index contributed by atoms with van der Waals surface area (Å²) in [6.45, 7) is 5.98. The molecular formula is C12H18N2OS. The molecule has 0 aromatic carbocycles. The molecule has 1 aromatic rings. The minimum Gasteiger partial charge on any atom is -0.337 e. The van der Waals surface area contributed by atoms with Crippen LogP contribution in [0.1, 0.15) is 19.4 Å². The summed E-state index contributed by atoms with van der Waals surface area (Å²) in [7, 11) is 0. The third-order valence-corrected chi connectivity index (χ3v) is 4.02. The molecular weight excluding hydrogens is 220 g/mol. The van der Waals surface area contributed by atoms with Crippen LogP contribution < -0.4 is 5.32 Å². The first kappa shape index (κ1) is 11.6. The maximum absolute atomic E-state index is 12.1. The molecule has 0 radical (unpaired) electrons. The third-order valence-electron chi connectivity index (χ3n) is 3.29. The fourth-order valence-corrected chi connectivity index (χ4v) is 2.75. The maximum atomic E-state index is 12.1. The summed E-state index contributed by atoms with van der Waals surface area (Å²) in [5.74, 6) is 0.249. The lowest BCUT2D eigenvalue weighted by Crippen LogP contribution is -2.57. The number of thiophene rings is 1. The first-order valence-electron chi connectivity index (χ1n) is 5.72. The van der Waals surface area contributed by atoms with Crippen molar-refractivity contribution in [3.8, 4) is 0 Å². The molecule has 4 heteroatoms. The molecule has 0 spiro atoms. The van der Waals surface area contributed by atoms with Crippen LogP contribution >= 0.6 is 11.3 Å². The molecule has 2 heterocycles. The molecule has 2 atom stereocenters. The van der Waals surface area contributed by atoms with Gasteiger partial charge in [0.2, 0.25) is 5.91 Å². The molecule has 1 amide bonds. The Kier molecular flexibility index (Phi) is 3.61. The zero-order valence-corrected chi connectivity index (χ0v) is 10.6. The second-order valence-electron chi connectivity index (χ2n) is 4.38. The smallest absolute Gasteiger partial charge is 0.227 e. The molecule has 2 unspecified atom stereocenters. The van der Waals surface area contributed by atoms with Gasteiger partial charge in [0.1, 0.15) is 0 Å². The van der Waals surface area contributed by atoms with Gasteiger partial charge in [-0.2, -0.15) is 11.3 Å². The van der Waals surface area contributed by atoms with E-state index < -0.39 is 0 Å². The number of carbonyl (C=O) groups excluding carboxylic acids is 1. The van der Waals surface area contributed by atoms with Crippen LogP contribution in [-0.4, -0.2) is 36.0 Å². The van der Waals surface area contributed by atoms with E-state index in [9.17, 15) is 4.79 Å². The average Bonchev–Trinajstić information content (AvgIpc) is 2.74. The number of carbonyl (C=O) groups is 1. The van der Waals surface area contributed by atoms with Gasteiger partial charge in [-0.1, -0.05) is 0 Å². The van der Waals surface area contributed by atoms with Gasteiger partial charge < -0.3 is 10.2 Å². The molecule has 1 aliphatic rings. The Morgan fingerprint density at radius 1 is 1.62 bits per heavy atom. The van der Waals surface area contributed by atoms with Crippen molar-refractivity contribution in [2.45, 2.75) is 32.4 Å². The van der Waals surface area contributed by atoms with Gasteiger partial charge in [-0.25, -0.2) is 0 Å². The van der Waals surface area contributed by atoms with Crippen LogP contribution in [0.15, 0.2) is 16.8 Å². The molecule has 88 valence electrons. The van der Waals surface area contributed by atoms with E-state index in [1.54, 1.807) is 11.3 Å². The molecule has 1 aliphatic heterocycles. The van der Waals surface area contributed by atoms with Crippen LogP contribution in [-0.2, 0) is 11.2 Å². The Morgan fingerprint density at radius 2 is 2.44 bits per heavy atom. The van der Waals surface area contributed by atoms with E-state index in [1.165, 1.54) is 0 Å². The highest BCUT2D eigenvalue weighted by Crippen LogP contribution is 2.13. The minimum atomic E-state index is 0.249. The van der Waals surface area contributed by atoms with Gasteiger partial charge in [0.05, 0.1) is 6.42 Å². The summed E-state index contributed by atoms with van der Waals surface area (Å²) in [5.41, 5.74) is 1.13. The molecule has 16 heavy (non-hydrogen) atoms. The highest BCUT2D eigenvalue weighted by atomic mass is 32.1. The highest BCUT2D eigenvalue weighted by Gasteiger charge is 2.27. The van der Waals surface area contributed by atoms with E-state index in [0.717, 1.165) is 18.7 Å². The van der Waals surface area contributed by atoms with Crippen LogP contribution in [0.3, 0.4) is 0 Å². The Labute approximate surface area is 100 Å². The van der Waals surface area contributed by atoms with Crippen molar-refractivity contribution in [3.63, 3.8) is 0 Å². The van der Waals surface area contributed by atoms with Gasteiger partial charge in [-0.05, 0) is 36.2 Å². The van der Waals surface area contributed by atoms with E-state index in [-0.39, 0.29) is 5.91 Å². The zero-order chi connectivity index (χ0) is 11.5. The standard InChI is InChI=1S/C12H18N2OS/c1-9-10(2)14(5-4-13-9)12(15)7-11-3-6-16-8-11/h3,6,8-10,13H,4-5,7H2,1-2H3. The number of nitrogens with one attached hydrogen (secondary N) is 1. The number of nitrogens with zero attached hydrogens (tertiary/aromatic N) is 1. The van der Waals surface area contributed by atoms with Crippen molar-refractivity contribution >= 4 is 17.2 Å². The Hall–Kier alpha value is -0.870. The van der Waals surface area contributed by atoms with E-state index >= 15 is 0 Å². The Balaban J connectivity index is 1.98. The second-order valence-corrected chi connectivity index (χ2v) is 5.16. The molecule has 1 N–H and O–H groups in total. The molecule has 3 nitrogen and oxygen atoms in total. The van der Waals surface area contributed by atoms with Gasteiger partial charge in [-0.3, -0.25) is 4.79 Å². The normalized spacial score (nSPS) is 25.8. The van der Waals surface area contributed by atoms with Crippen molar-refractivity contribution < 1.29 is 4.79 Å². The van der Waals surface area contributed by atoms with Crippen LogP contribution in [0.25, 0.3) is 0 Å². The van der Waals surface area contributed by atoms with E-state index in [0.29, 0.717) is 18.5 Å². The number of hydrogen-bond donors (Lipinski definition) is 1. The topological polar surface area (TPSA) is 32.3 Å². The summed E-state index contributed by atoms with van der Waals surface area (Å²) in [6.07, 6.45) is 0.542. The third kappa shape index (κ3) is 2.44. The van der Waals surface area contributed by atoms with Crippen LogP contribution in [0, 0.1) is 0 Å². The SMILES string of the molecule is CC1NCCN(C(=O)Cc2ccsc2)C1C. The van der Waals surface area contributed by atoms with E-state index in [4.69, 9.17) is 0 Å². The molecule has 1 saturated heterocycles. The Morgan fingerprint density at radius 3 is 3.12 bits per heavy atom. The molecule has 1 aromatic heterocycles. The summed E-state index contributed by atoms with van der Waals surface area (Å²) in [6, 6.07) is 2.71. The lowest BCUT2D eigenvalue weighted by Gasteiger charge is -2.38. The van der Waals surface area contributed by atoms with Gasteiger partial charge >= 0.3 is 0 Å². The second kappa shape index (κ2) is 4.97. The fourth-order valence-electron chi connectivity index (χ4n) is 2.08. The van der Waals surface area contributed by atoms with Gasteiger partial charge in [0.25, 0.3) is 0 Å². The maximum Gasteiger partial charge on any atom is 0.227 e. The average molecular weight is 238 g/mol. The quantitative estimate of drug-likeness (QED) is 0.847. The lowest BCUT2D eigenvalue weighted by molar-refractivity contribution is -0.134. The first-order chi connectivity index (χ1) is 7.68. The summed E-state index contributed by atoms with van der Waals surface area (Å²) < 4.78 is 0. The highest BCUT2D eigenvalue weighted by molar-refractivity contribution is 7.07. The van der Waals surface area contributed by atoms with Crippen molar-refractivity contribution in [3.05, 3.63) is 22.4 Å². The van der Waals surface area contributed by atoms with Crippen molar-refractivity contribution in [2.24, 2.45) is 0 Å². The monoisotopic (exact) mass is 238 g/mol. The molecule has 2 rings (SSSR count). The zero-order valence-electron chi connectivity index (χ0n) is 9.77. The largest absolute Gasteiger partial charge is 0.337 e. The number of amides is 1. The van der Waals surface area contributed by atoms with Crippen molar-refractivity contribution in [2.75, 3.05) is 13.1 Å². The molecule has 0 aliphatic carbocycles. The van der Waals surface area contributed by atoms with Crippen molar-refractivity contribution in [1.82, 2.24) is 10.2 Å². The number of rotatable bonds is 2. The predicted molar refractivity (Wildman–Crippen MR) is 66.7 cm³/mol. The molecule has 0 saturated carbocycles. The number of piperazine rings is 1. The van der Waals surface area contributed by atoms with Gasteiger partial charge in [0, 0.05) is 25.2 Å². The van der Waals surface area contributed by atoms with Gasteiger partial charge in [-0.15, -0.1) is 0 Å². The van der Waals surface area contributed by atoms with Crippen LogP contribution in [0.5, 0.6) is 0 Å². The minimum absolute atomic E-state index is 0.249. The number of hydrogen-bond acceptors (Lipinski definition) is 3. The van der Waals surface area contributed by atoms with Gasteiger partial charge in [0.15, 0.2) is 0 Å². The summed E-state index contributed by atoms with van der Waals surface area (Å²) in [5, 5.41) is 7.45. The van der Waals surface area contributed by atoms with E-state index in [1.807, 2.05) is 21.7 Å². The van der Waals surface area contributed by atoms with Crippen LogP contribution in [0.4, 0.5) is 0 Å². The fraction of sp³-hybridized carbons (Fsp3) is 0.583. The van der Waals surface area contributed by atoms with E-state index in [2.05, 4.69) is 19.2 Å². The first-order valence-corrected chi connectivity index (χ1v) is 6.66. The van der Waals surface area contributed by atoms with Crippen molar-refractivity contribution in [1.29, 1.82) is 0 Å². The summed E-state index contributed by atoms with van der Waals surface area (Å²) >= 11 is 1.65. The van der Waals surface area contributed by atoms with Crippen LogP contribution in [0.2, 0.25) is 0 Å². The lowest BCUT2D eigenvalue weighted by atomic mass is 10.1.